The summed E-state index contributed by atoms with van der Waals surface area (Å²) in [6.45, 7) is 2.33. The number of carbonyl (C=O) groups excluding carboxylic acids is 2. The van der Waals surface area contributed by atoms with E-state index in [1.54, 1.807) is 6.07 Å². The minimum Gasteiger partial charge on any atom is -0.465 e. The van der Waals surface area contributed by atoms with Crippen molar-refractivity contribution in [1.29, 1.82) is 0 Å². The van der Waals surface area contributed by atoms with E-state index in [0.29, 0.717) is 36.6 Å². The molecule has 1 amide bonds. The van der Waals surface area contributed by atoms with E-state index >= 15 is 0 Å². The van der Waals surface area contributed by atoms with Crippen LogP contribution in [0.25, 0.3) is 5.57 Å². The van der Waals surface area contributed by atoms with Gasteiger partial charge in [0, 0.05) is 41.8 Å². The van der Waals surface area contributed by atoms with Crippen molar-refractivity contribution in [1.82, 2.24) is 0 Å². The molecule has 1 saturated carbocycles. The van der Waals surface area contributed by atoms with Crippen LogP contribution in [0.3, 0.4) is 0 Å². The lowest BCUT2D eigenvalue weighted by Gasteiger charge is -2.18. The molecule has 3 rings (SSSR count). The van der Waals surface area contributed by atoms with Crippen molar-refractivity contribution < 1.29 is 36.6 Å². The zero-order chi connectivity index (χ0) is 25.8. The average molecular weight is 493 g/mol. The largest absolute Gasteiger partial charge is 0.573 e. The summed E-state index contributed by atoms with van der Waals surface area (Å²) in [5.41, 5.74) is 5.65. The Bertz CT molecular complexity index is 1190. The monoisotopic (exact) mass is 493 g/mol. The predicted molar refractivity (Wildman–Crippen MR) is 122 cm³/mol. The molecule has 7 nitrogen and oxygen atoms in total. The molecule has 0 unspecified atom stereocenters. The third-order valence-corrected chi connectivity index (χ3v) is 5.46. The molecular weight excluding hydrogens is 470 g/mol. The number of amides is 1. The number of alkyl halides is 3. The molecule has 0 saturated heterocycles. The second-order valence-electron chi connectivity index (χ2n) is 7.73. The second kappa shape index (κ2) is 10.2. The van der Waals surface area contributed by atoms with E-state index in [9.17, 15) is 27.2 Å². The maximum atomic E-state index is 14.6. The van der Waals surface area contributed by atoms with Crippen molar-refractivity contribution in [2.75, 3.05) is 19.0 Å². The molecule has 0 aliphatic heterocycles. The number of nitrogens with one attached hydrogen (secondary N) is 1. The fourth-order valence-electron chi connectivity index (χ4n) is 3.62. The molecule has 186 valence electrons. The van der Waals surface area contributed by atoms with Crippen LogP contribution in [0.4, 0.5) is 23.2 Å². The fourth-order valence-corrected chi connectivity index (χ4v) is 3.62. The lowest BCUT2D eigenvalue weighted by Crippen LogP contribution is -2.29. The first-order valence-electron chi connectivity index (χ1n) is 10.6. The molecule has 1 aliphatic carbocycles. The summed E-state index contributed by atoms with van der Waals surface area (Å²) >= 11 is 0. The van der Waals surface area contributed by atoms with E-state index in [2.05, 4.69) is 15.0 Å². The number of rotatable bonds is 8. The van der Waals surface area contributed by atoms with Crippen LogP contribution in [0.2, 0.25) is 0 Å². The molecule has 35 heavy (non-hydrogen) atoms. The minimum atomic E-state index is -4.96. The standard InChI is InChI=1S/C24H23F4N3O4/c1-3-30-13-14(12-29)17-6-4-15(10-18(17)21(32)34-2)31-22(33)23(8-9-23)19-7-5-16(11-20(19)25)35-24(26,27)28/h4-7,10-13H,3,8-9,29H2,1-2H3,(H,31,33). The van der Waals surface area contributed by atoms with Gasteiger partial charge in [0.25, 0.3) is 0 Å². The van der Waals surface area contributed by atoms with Crippen molar-refractivity contribution in [3.05, 3.63) is 65.1 Å². The van der Waals surface area contributed by atoms with Crippen LogP contribution in [-0.4, -0.2) is 38.1 Å². The Labute approximate surface area is 198 Å². The van der Waals surface area contributed by atoms with Gasteiger partial charge in [-0.25, -0.2) is 9.18 Å². The zero-order valence-corrected chi connectivity index (χ0v) is 18.9. The highest BCUT2D eigenvalue weighted by atomic mass is 19.4. The Morgan fingerprint density at radius 1 is 1.17 bits per heavy atom. The molecule has 11 heteroatoms. The number of allylic oxidation sites excluding steroid dienone is 1. The van der Waals surface area contributed by atoms with Crippen LogP contribution in [0, 0.1) is 5.82 Å². The summed E-state index contributed by atoms with van der Waals surface area (Å²) in [7, 11) is 1.21. The van der Waals surface area contributed by atoms with E-state index < -0.39 is 35.2 Å². The number of ether oxygens (including phenoxy) is 2. The SMILES string of the molecule is CCN=CC(=CN)c1ccc(NC(=O)C2(c3ccc(OC(F)(F)F)cc3F)CC2)cc1C(=O)OC. The van der Waals surface area contributed by atoms with Crippen molar-refractivity contribution in [2.24, 2.45) is 10.7 Å². The lowest BCUT2D eigenvalue weighted by molar-refractivity contribution is -0.274. The number of nitrogens with zero attached hydrogens (tertiary/aromatic N) is 1. The van der Waals surface area contributed by atoms with E-state index in [4.69, 9.17) is 10.5 Å². The summed E-state index contributed by atoms with van der Waals surface area (Å²) in [6.07, 6.45) is -1.58. The lowest BCUT2D eigenvalue weighted by atomic mass is 9.93. The predicted octanol–water partition coefficient (Wildman–Crippen LogP) is 4.57. The number of halogens is 4. The van der Waals surface area contributed by atoms with Crippen LogP contribution < -0.4 is 15.8 Å². The van der Waals surface area contributed by atoms with Gasteiger partial charge in [-0.15, -0.1) is 13.2 Å². The number of nitrogens with two attached hydrogens (primary N) is 1. The number of hydrogen-bond acceptors (Lipinski definition) is 6. The maximum absolute atomic E-state index is 14.6. The van der Waals surface area contributed by atoms with Crippen LogP contribution in [0.15, 0.2) is 47.6 Å². The highest BCUT2D eigenvalue weighted by Gasteiger charge is 2.53. The number of hydrogen-bond donors (Lipinski definition) is 2. The first-order chi connectivity index (χ1) is 16.5. The maximum Gasteiger partial charge on any atom is 0.573 e. The van der Waals surface area contributed by atoms with Crippen LogP contribution in [-0.2, 0) is 14.9 Å². The van der Waals surface area contributed by atoms with Gasteiger partial charge < -0.3 is 20.5 Å². The van der Waals surface area contributed by atoms with Gasteiger partial charge in [0.1, 0.15) is 11.6 Å². The Morgan fingerprint density at radius 3 is 2.43 bits per heavy atom. The van der Waals surface area contributed by atoms with Crippen molar-refractivity contribution in [3.63, 3.8) is 0 Å². The summed E-state index contributed by atoms with van der Waals surface area (Å²) < 4.78 is 60.4. The van der Waals surface area contributed by atoms with E-state index in [1.807, 2.05) is 6.92 Å². The Hall–Kier alpha value is -3.89. The Balaban J connectivity index is 1.88. The molecule has 0 aromatic heterocycles. The van der Waals surface area contributed by atoms with E-state index in [0.717, 1.165) is 12.1 Å². The summed E-state index contributed by atoms with van der Waals surface area (Å²) in [5.74, 6) is -2.94. The molecule has 2 aromatic carbocycles. The van der Waals surface area contributed by atoms with Crippen molar-refractivity contribution >= 4 is 29.4 Å². The third-order valence-electron chi connectivity index (χ3n) is 5.46. The minimum absolute atomic E-state index is 0.0431. The van der Waals surface area contributed by atoms with Gasteiger partial charge in [0.2, 0.25) is 5.91 Å². The molecule has 0 bridgehead atoms. The van der Waals surface area contributed by atoms with E-state index in [-0.39, 0.29) is 16.8 Å². The number of carbonyl (C=O) groups is 2. The van der Waals surface area contributed by atoms with Gasteiger partial charge in [-0.1, -0.05) is 12.1 Å². The highest BCUT2D eigenvalue weighted by molar-refractivity contribution is 6.14. The third kappa shape index (κ3) is 5.79. The quantitative estimate of drug-likeness (QED) is 0.319. The summed E-state index contributed by atoms with van der Waals surface area (Å²) in [5, 5.41) is 2.66. The number of methoxy groups -OCH3 is 1. The van der Waals surface area contributed by atoms with Crippen LogP contribution >= 0.6 is 0 Å². The van der Waals surface area contributed by atoms with Gasteiger partial charge in [-0.2, -0.15) is 0 Å². The molecule has 1 aliphatic rings. The molecule has 0 heterocycles. The van der Waals surface area contributed by atoms with Gasteiger partial charge >= 0.3 is 12.3 Å². The summed E-state index contributed by atoms with van der Waals surface area (Å²) in [6, 6.07) is 7.16. The van der Waals surface area contributed by atoms with Gasteiger partial charge in [-0.05, 0) is 43.5 Å². The first-order valence-corrected chi connectivity index (χ1v) is 10.6. The molecular formula is C24H23F4N3O4. The number of anilines is 1. The molecule has 0 atom stereocenters. The molecule has 2 aromatic rings. The number of benzene rings is 2. The normalized spacial score (nSPS) is 15.1. The number of esters is 1. The average Bonchev–Trinajstić information content (AvgIpc) is 3.60. The van der Waals surface area contributed by atoms with Crippen LogP contribution in [0.5, 0.6) is 5.75 Å². The topological polar surface area (TPSA) is 103 Å². The van der Waals surface area contributed by atoms with Crippen LogP contribution in [0.1, 0.15) is 41.3 Å². The van der Waals surface area contributed by atoms with Gasteiger partial charge in [0.15, 0.2) is 0 Å². The Kier molecular flexibility index (Phi) is 7.47. The smallest absolute Gasteiger partial charge is 0.465 e. The van der Waals surface area contributed by atoms with Gasteiger partial charge in [0.05, 0.1) is 18.1 Å². The molecule has 1 fully saturated rings. The molecule has 0 radical (unpaired) electrons. The second-order valence-corrected chi connectivity index (χ2v) is 7.73. The Morgan fingerprint density at radius 2 is 1.89 bits per heavy atom. The number of aliphatic imine (C=N–C) groups is 1. The molecule has 0 spiro atoms. The summed E-state index contributed by atoms with van der Waals surface area (Å²) in [4.78, 5) is 29.6. The molecule has 3 N–H and O–H groups in total. The van der Waals surface area contributed by atoms with E-state index in [1.165, 1.54) is 31.7 Å². The van der Waals surface area contributed by atoms with Crippen molar-refractivity contribution in [3.8, 4) is 5.75 Å². The van der Waals surface area contributed by atoms with Gasteiger partial charge in [-0.3, -0.25) is 9.79 Å². The first kappa shape index (κ1) is 25.7. The van der Waals surface area contributed by atoms with Crippen molar-refractivity contribution in [2.45, 2.75) is 31.5 Å². The highest BCUT2D eigenvalue weighted by Crippen LogP contribution is 2.50. The fraction of sp³-hybridized carbons (Fsp3) is 0.292. The zero-order valence-electron chi connectivity index (χ0n) is 18.9.